The largest absolute Gasteiger partial charge is 0.369 e. The van der Waals surface area contributed by atoms with Crippen molar-refractivity contribution in [1.29, 1.82) is 0 Å². The minimum atomic E-state index is -5.22. The third-order valence-corrected chi connectivity index (χ3v) is 23.2. The van der Waals surface area contributed by atoms with Crippen molar-refractivity contribution in [3.63, 3.8) is 0 Å². The van der Waals surface area contributed by atoms with Gasteiger partial charge in [0.1, 0.15) is 11.6 Å². The van der Waals surface area contributed by atoms with Gasteiger partial charge in [-0.05, 0) is 38.5 Å². The zero-order chi connectivity index (χ0) is 52.4. The van der Waals surface area contributed by atoms with Gasteiger partial charge >= 0.3 is 22.8 Å². The van der Waals surface area contributed by atoms with E-state index in [2.05, 4.69) is 16.0 Å². The molecule has 0 saturated carbocycles. The van der Waals surface area contributed by atoms with Crippen LogP contribution in [0.2, 0.25) is 0 Å². The van der Waals surface area contributed by atoms with E-state index in [1.165, 1.54) is 0 Å². The SMILES string of the molecule is C.CC(C)C(=O)CCC(=O)NCCCC(O)(P(C)(=O)O)P(=O)(O)O.CC(C)C(=O)CCC(=O)NCCCC(O)(P(C)(=O)O)P(=O)(O)O.CC(C)C(=O)NCCCC(O)(P(C)(=O)O)P(=O)(O)O. The van der Waals surface area contributed by atoms with Crippen molar-refractivity contribution < 1.29 is 111 Å². The van der Waals surface area contributed by atoms with Crippen LogP contribution in [0.25, 0.3) is 0 Å². The molecule has 6 unspecified atom stereocenters. The van der Waals surface area contributed by atoms with Gasteiger partial charge in [-0.1, -0.05) is 49.0 Å². The van der Waals surface area contributed by atoms with Gasteiger partial charge in [0.15, 0.2) is 0 Å². The number of ketones is 2. The fourth-order valence-corrected chi connectivity index (χ4v) is 13.7. The summed E-state index contributed by atoms with van der Waals surface area (Å²) in [7, 11) is -29.0. The van der Waals surface area contributed by atoms with Crippen molar-refractivity contribution in [2.45, 2.75) is 128 Å². The Morgan fingerprint density at radius 2 is 0.652 bits per heavy atom. The maximum Gasteiger partial charge on any atom is 0.366 e. The molecule has 0 heterocycles. The summed E-state index contributed by atoms with van der Waals surface area (Å²) in [5.74, 6) is -1.75. The van der Waals surface area contributed by atoms with Gasteiger partial charge in [0.25, 0.3) is 0 Å². The molecule has 6 atom stereocenters. The van der Waals surface area contributed by atoms with E-state index >= 15 is 0 Å². The van der Waals surface area contributed by atoms with Crippen molar-refractivity contribution in [3.8, 4) is 0 Å². The van der Waals surface area contributed by atoms with Gasteiger partial charge in [0.05, 0.1) is 0 Å². The highest BCUT2D eigenvalue weighted by Gasteiger charge is 2.58. The average molecular weight is 1080 g/mol. The summed E-state index contributed by atoms with van der Waals surface area (Å²) in [6.45, 7) is 12.2. The molecule has 0 rings (SSSR count). The molecule has 0 aliphatic heterocycles. The highest BCUT2D eigenvalue weighted by Crippen LogP contribution is 2.71. The third-order valence-electron chi connectivity index (χ3n) is 9.41. The van der Waals surface area contributed by atoms with Crippen LogP contribution in [-0.4, -0.2) is 144 Å². The summed E-state index contributed by atoms with van der Waals surface area (Å²) >= 11 is 0. The normalized spacial score (nSPS) is 17.5. The number of amides is 3. The number of carbonyl (C=O) groups is 5. The van der Waals surface area contributed by atoms with Crippen LogP contribution in [0, 0.1) is 17.8 Å². The molecular weight excluding hydrogens is 1000 g/mol. The lowest BCUT2D eigenvalue weighted by molar-refractivity contribution is -0.126. The lowest BCUT2D eigenvalue weighted by Crippen LogP contribution is -2.32. The number of carbonyl (C=O) groups excluding carboxylic acids is 5. The van der Waals surface area contributed by atoms with Crippen LogP contribution in [0.4, 0.5) is 0 Å². The van der Waals surface area contributed by atoms with Gasteiger partial charge in [0, 0.05) is 83.1 Å². The van der Waals surface area contributed by atoms with Gasteiger partial charge < -0.3 is 75.3 Å². The number of hydrogen-bond donors (Lipinski definition) is 15. The van der Waals surface area contributed by atoms with Gasteiger partial charge in [-0.25, -0.2) is 0 Å². The molecule has 0 aromatic carbocycles. The molecule has 26 nitrogen and oxygen atoms in total. The summed E-state index contributed by atoms with van der Waals surface area (Å²) < 4.78 is 68.2. The van der Waals surface area contributed by atoms with Crippen LogP contribution in [-0.2, 0) is 51.4 Å². The zero-order valence-corrected chi connectivity index (χ0v) is 43.3. The Bertz CT molecular complexity index is 1710. The molecule has 0 saturated heterocycles. The van der Waals surface area contributed by atoms with E-state index in [0.717, 1.165) is 0 Å². The van der Waals surface area contributed by atoms with Crippen molar-refractivity contribution in [1.82, 2.24) is 16.0 Å². The summed E-state index contributed by atoms with van der Waals surface area (Å²) in [5.41, 5.74) is 0. The predicted octanol–water partition coefficient (Wildman–Crippen LogP) is 2.12. The standard InChI is InChI=1S/2C12H25NO8P2.C9H21NO7P2.CH4/c2*1-9(2)10(14)5-6-11(15)13-8-4-7-12(16,22(3,17)18)23(19,20)21;1-7(2)8(11)10-6-4-5-9(12,18(3,13)14)19(15,16)17;/h2*9,16H,4-8H2,1-3H3,(H,13,15)(H,17,18)(H2,19,20,21);7,12H,4-6H2,1-3H3,(H,10,11)(H,13,14)(H2,15,16,17);1H4. The maximum atomic E-state index is 11.5. The minimum Gasteiger partial charge on any atom is -0.369 e. The molecule has 15 N–H and O–H groups in total. The smallest absolute Gasteiger partial charge is 0.366 e. The summed E-state index contributed by atoms with van der Waals surface area (Å²) in [5, 5.41) is 27.8. The van der Waals surface area contributed by atoms with Crippen LogP contribution in [0.3, 0.4) is 0 Å². The van der Waals surface area contributed by atoms with Crippen LogP contribution in [0.15, 0.2) is 0 Å². The monoisotopic (exact) mass is 1080 g/mol. The van der Waals surface area contributed by atoms with Crippen LogP contribution < -0.4 is 16.0 Å². The number of Topliss-reactive ketones (excluding diaryl/α,β-unsaturated/α-hetero) is 2. The van der Waals surface area contributed by atoms with E-state index in [-0.39, 0.29) is 107 Å². The van der Waals surface area contributed by atoms with E-state index in [9.17, 15) is 81.4 Å². The Morgan fingerprint density at radius 3 is 0.833 bits per heavy atom. The fourth-order valence-electron chi connectivity index (χ4n) is 4.86. The Balaban J connectivity index is -0.000000436. The summed E-state index contributed by atoms with van der Waals surface area (Å²) in [6.07, 6.45) is -1.95. The molecule has 66 heavy (non-hydrogen) atoms. The Kier molecular flexibility index (Phi) is 31.4. The first kappa shape index (κ1) is 71.2. The van der Waals surface area contributed by atoms with Gasteiger partial charge in [0.2, 0.25) is 55.1 Å². The molecule has 394 valence electrons. The predicted molar refractivity (Wildman–Crippen MR) is 245 cm³/mol. The number of hydrogen-bond acceptors (Lipinski definition) is 14. The first-order valence-electron chi connectivity index (χ1n) is 19.9. The van der Waals surface area contributed by atoms with Gasteiger partial charge in [-0.2, -0.15) is 0 Å². The van der Waals surface area contributed by atoms with E-state index in [1.54, 1.807) is 41.5 Å². The topological polar surface area (TPSA) is 467 Å². The summed E-state index contributed by atoms with van der Waals surface area (Å²) in [4.78, 5) is 139. The third kappa shape index (κ3) is 24.5. The minimum absolute atomic E-state index is 0. The number of rotatable bonds is 27. The second-order valence-electron chi connectivity index (χ2n) is 16.3. The fraction of sp³-hybridized carbons (Fsp3) is 0.853. The van der Waals surface area contributed by atoms with Crippen molar-refractivity contribution in [3.05, 3.63) is 0 Å². The Hall–Kier alpha value is -1.35. The quantitative estimate of drug-likeness (QED) is 0.0414. The second kappa shape index (κ2) is 29.1. The van der Waals surface area contributed by atoms with Crippen LogP contribution in [0.1, 0.15) is 113 Å². The first-order valence-corrected chi connectivity index (χ1v) is 31.0. The van der Waals surface area contributed by atoms with Crippen molar-refractivity contribution >= 4 is 74.2 Å². The second-order valence-corrected chi connectivity index (χ2v) is 30.3. The molecule has 0 fully saturated rings. The van der Waals surface area contributed by atoms with Crippen LogP contribution >= 0.6 is 44.9 Å². The number of nitrogens with one attached hydrogen (secondary N) is 3. The molecule has 0 bridgehead atoms. The van der Waals surface area contributed by atoms with Crippen molar-refractivity contribution in [2.24, 2.45) is 17.8 Å². The molecule has 3 amide bonds. The lowest BCUT2D eigenvalue weighted by atomic mass is 10.0. The van der Waals surface area contributed by atoms with E-state index in [1.807, 2.05) is 0 Å². The summed E-state index contributed by atoms with van der Waals surface area (Å²) in [6, 6.07) is 0. The van der Waals surface area contributed by atoms with E-state index < -0.39 is 91.2 Å². The molecule has 0 spiro atoms. The zero-order valence-electron chi connectivity index (χ0n) is 38.0. The molecular formula is C34H75N3O23P6. The van der Waals surface area contributed by atoms with Crippen LogP contribution in [0.5, 0.6) is 0 Å². The molecule has 0 aromatic heterocycles. The highest BCUT2D eigenvalue weighted by molar-refractivity contribution is 7.75. The molecule has 32 heteroatoms. The van der Waals surface area contributed by atoms with Crippen molar-refractivity contribution in [2.75, 3.05) is 39.6 Å². The maximum absolute atomic E-state index is 11.5. The molecule has 0 aromatic rings. The molecule has 0 aliphatic carbocycles. The van der Waals surface area contributed by atoms with Gasteiger partial charge in [-0.15, -0.1) is 0 Å². The molecule has 0 radical (unpaired) electrons. The first-order chi connectivity index (χ1) is 28.8. The lowest BCUT2D eigenvalue weighted by Gasteiger charge is -2.30. The van der Waals surface area contributed by atoms with E-state index in [0.29, 0.717) is 20.0 Å². The number of aliphatic hydroxyl groups is 3. The molecule has 0 aliphatic rings. The Morgan fingerprint density at radius 1 is 0.424 bits per heavy atom. The average Bonchev–Trinajstić information content (AvgIpc) is 3.11. The van der Waals surface area contributed by atoms with Gasteiger partial charge in [-0.3, -0.25) is 51.4 Å². The highest BCUT2D eigenvalue weighted by atomic mass is 31.2. The van der Waals surface area contributed by atoms with E-state index in [4.69, 9.17) is 29.4 Å². The Labute approximate surface area is 385 Å².